The molecule has 1 aliphatic carbocycles. The highest BCUT2D eigenvalue weighted by Crippen LogP contribution is 2.46. The van der Waals surface area contributed by atoms with E-state index in [1.807, 2.05) is 24.3 Å². The first-order valence-electron chi connectivity index (χ1n) is 7.64. The van der Waals surface area contributed by atoms with Crippen molar-refractivity contribution in [3.8, 4) is 0 Å². The SMILES string of the molecule is CC1CCC(c2ccc(Cl)cc2)C(c2ccc(Cl)cc2)C1. The molecule has 0 aliphatic heterocycles. The first-order chi connectivity index (χ1) is 10.1. The Morgan fingerprint density at radius 2 is 1.19 bits per heavy atom. The van der Waals surface area contributed by atoms with Gasteiger partial charge in [0.2, 0.25) is 0 Å². The summed E-state index contributed by atoms with van der Waals surface area (Å²) in [6.45, 7) is 2.36. The first kappa shape index (κ1) is 14.9. The van der Waals surface area contributed by atoms with Gasteiger partial charge in [0.25, 0.3) is 0 Å². The summed E-state index contributed by atoms with van der Waals surface area (Å²) in [6.07, 6.45) is 3.79. The van der Waals surface area contributed by atoms with E-state index in [-0.39, 0.29) is 0 Å². The third kappa shape index (κ3) is 3.44. The number of halogens is 2. The van der Waals surface area contributed by atoms with Crippen LogP contribution >= 0.6 is 23.2 Å². The fraction of sp³-hybridized carbons (Fsp3) is 0.368. The Kier molecular flexibility index (Phi) is 4.57. The van der Waals surface area contributed by atoms with Crippen molar-refractivity contribution in [3.63, 3.8) is 0 Å². The van der Waals surface area contributed by atoms with Crippen molar-refractivity contribution in [2.75, 3.05) is 0 Å². The van der Waals surface area contributed by atoms with E-state index in [4.69, 9.17) is 23.2 Å². The first-order valence-corrected chi connectivity index (χ1v) is 8.40. The summed E-state index contributed by atoms with van der Waals surface area (Å²) in [5, 5.41) is 1.62. The van der Waals surface area contributed by atoms with E-state index in [0.717, 1.165) is 16.0 Å². The molecule has 21 heavy (non-hydrogen) atoms. The van der Waals surface area contributed by atoms with Crippen LogP contribution in [0.15, 0.2) is 48.5 Å². The summed E-state index contributed by atoms with van der Waals surface area (Å²) in [7, 11) is 0. The van der Waals surface area contributed by atoms with Gasteiger partial charge < -0.3 is 0 Å². The molecule has 2 aromatic carbocycles. The minimum Gasteiger partial charge on any atom is -0.0843 e. The maximum atomic E-state index is 6.04. The highest BCUT2D eigenvalue weighted by molar-refractivity contribution is 6.30. The number of rotatable bonds is 2. The fourth-order valence-corrected chi connectivity index (χ4v) is 3.82. The van der Waals surface area contributed by atoms with Crippen LogP contribution in [0.25, 0.3) is 0 Å². The Balaban J connectivity index is 1.92. The van der Waals surface area contributed by atoms with Crippen molar-refractivity contribution in [2.24, 2.45) is 5.92 Å². The normalized spacial score (nSPS) is 25.8. The van der Waals surface area contributed by atoms with Crippen LogP contribution in [0.5, 0.6) is 0 Å². The van der Waals surface area contributed by atoms with Gasteiger partial charge in [-0.3, -0.25) is 0 Å². The van der Waals surface area contributed by atoms with Crippen molar-refractivity contribution in [3.05, 3.63) is 69.7 Å². The third-order valence-electron chi connectivity index (χ3n) is 4.71. The van der Waals surface area contributed by atoms with E-state index in [0.29, 0.717) is 11.8 Å². The van der Waals surface area contributed by atoms with Crippen molar-refractivity contribution in [1.82, 2.24) is 0 Å². The smallest absolute Gasteiger partial charge is 0.0406 e. The highest BCUT2D eigenvalue weighted by atomic mass is 35.5. The Hall–Kier alpha value is -0.980. The molecule has 3 atom stereocenters. The monoisotopic (exact) mass is 318 g/mol. The minimum absolute atomic E-state index is 0.576. The Morgan fingerprint density at radius 1 is 0.714 bits per heavy atom. The molecule has 1 saturated carbocycles. The van der Waals surface area contributed by atoms with E-state index >= 15 is 0 Å². The molecule has 1 aliphatic rings. The lowest BCUT2D eigenvalue weighted by Crippen LogP contribution is -2.20. The van der Waals surface area contributed by atoms with Crippen LogP contribution in [0.1, 0.15) is 49.1 Å². The molecule has 3 rings (SSSR count). The fourth-order valence-electron chi connectivity index (χ4n) is 3.57. The zero-order valence-electron chi connectivity index (χ0n) is 12.2. The quantitative estimate of drug-likeness (QED) is 0.579. The summed E-state index contributed by atoms with van der Waals surface area (Å²) < 4.78 is 0. The Morgan fingerprint density at radius 3 is 1.71 bits per heavy atom. The standard InChI is InChI=1S/C19H20Cl2/c1-13-2-11-18(14-3-7-16(20)8-4-14)19(12-13)15-5-9-17(21)10-6-15/h3-10,13,18-19H,2,11-12H2,1H3. The van der Waals surface area contributed by atoms with Crippen molar-refractivity contribution >= 4 is 23.2 Å². The topological polar surface area (TPSA) is 0 Å². The maximum absolute atomic E-state index is 6.04. The zero-order chi connectivity index (χ0) is 14.8. The van der Waals surface area contributed by atoms with Gasteiger partial charge in [-0.05, 0) is 66.0 Å². The van der Waals surface area contributed by atoms with Crippen molar-refractivity contribution < 1.29 is 0 Å². The molecule has 0 radical (unpaired) electrons. The molecule has 0 nitrogen and oxygen atoms in total. The van der Waals surface area contributed by atoms with Crippen LogP contribution in [0, 0.1) is 5.92 Å². The van der Waals surface area contributed by atoms with Gasteiger partial charge >= 0.3 is 0 Å². The van der Waals surface area contributed by atoms with Crippen LogP contribution in [0.2, 0.25) is 10.0 Å². The minimum atomic E-state index is 0.576. The van der Waals surface area contributed by atoms with Gasteiger partial charge in [0.15, 0.2) is 0 Å². The number of hydrogen-bond acceptors (Lipinski definition) is 0. The van der Waals surface area contributed by atoms with Crippen LogP contribution < -0.4 is 0 Å². The number of hydrogen-bond donors (Lipinski definition) is 0. The van der Waals surface area contributed by atoms with E-state index in [2.05, 4.69) is 31.2 Å². The second-order valence-corrected chi connectivity index (χ2v) is 7.11. The Bertz CT molecular complexity index is 586. The van der Waals surface area contributed by atoms with Crippen molar-refractivity contribution in [1.29, 1.82) is 0 Å². The lowest BCUT2D eigenvalue weighted by atomic mass is 9.69. The molecule has 2 aromatic rings. The Labute approximate surface area is 137 Å². The summed E-state index contributed by atoms with van der Waals surface area (Å²) in [4.78, 5) is 0. The second-order valence-electron chi connectivity index (χ2n) is 6.23. The van der Waals surface area contributed by atoms with Gasteiger partial charge in [0, 0.05) is 10.0 Å². The molecule has 0 bridgehead atoms. The molecule has 0 spiro atoms. The summed E-state index contributed by atoms with van der Waals surface area (Å²) in [5.41, 5.74) is 2.82. The number of benzene rings is 2. The largest absolute Gasteiger partial charge is 0.0843 e. The zero-order valence-corrected chi connectivity index (χ0v) is 13.7. The van der Waals surface area contributed by atoms with Gasteiger partial charge in [0.05, 0.1) is 0 Å². The molecule has 3 unspecified atom stereocenters. The molecule has 110 valence electrons. The average molecular weight is 319 g/mol. The van der Waals surface area contributed by atoms with E-state index < -0.39 is 0 Å². The summed E-state index contributed by atoms with van der Waals surface area (Å²) >= 11 is 12.1. The van der Waals surface area contributed by atoms with Crippen LogP contribution in [-0.4, -0.2) is 0 Å². The van der Waals surface area contributed by atoms with Gasteiger partial charge in [-0.1, -0.05) is 60.8 Å². The van der Waals surface area contributed by atoms with Crippen LogP contribution in [0.4, 0.5) is 0 Å². The molecular weight excluding hydrogens is 299 g/mol. The van der Waals surface area contributed by atoms with Crippen LogP contribution in [0.3, 0.4) is 0 Å². The van der Waals surface area contributed by atoms with Crippen LogP contribution in [-0.2, 0) is 0 Å². The molecule has 0 amide bonds. The van der Waals surface area contributed by atoms with Crippen molar-refractivity contribution in [2.45, 2.75) is 38.0 Å². The van der Waals surface area contributed by atoms with E-state index in [1.165, 1.54) is 30.4 Å². The third-order valence-corrected chi connectivity index (χ3v) is 5.21. The second kappa shape index (κ2) is 6.42. The predicted molar refractivity (Wildman–Crippen MR) is 91.4 cm³/mol. The molecule has 0 aromatic heterocycles. The molecule has 0 saturated heterocycles. The molecule has 0 heterocycles. The van der Waals surface area contributed by atoms with Gasteiger partial charge in [-0.25, -0.2) is 0 Å². The predicted octanol–water partition coefficient (Wildman–Crippen LogP) is 6.68. The molecule has 1 fully saturated rings. The van der Waals surface area contributed by atoms with Gasteiger partial charge in [0.1, 0.15) is 0 Å². The summed E-state index contributed by atoms with van der Waals surface area (Å²) in [5.74, 6) is 1.95. The van der Waals surface area contributed by atoms with Gasteiger partial charge in [-0.2, -0.15) is 0 Å². The molecular formula is C19H20Cl2. The van der Waals surface area contributed by atoms with E-state index in [1.54, 1.807) is 0 Å². The average Bonchev–Trinajstić information content (AvgIpc) is 2.49. The lowest BCUT2D eigenvalue weighted by Gasteiger charge is -2.35. The van der Waals surface area contributed by atoms with E-state index in [9.17, 15) is 0 Å². The molecule has 0 N–H and O–H groups in total. The summed E-state index contributed by atoms with van der Waals surface area (Å²) in [6, 6.07) is 16.8. The maximum Gasteiger partial charge on any atom is 0.0406 e. The lowest BCUT2D eigenvalue weighted by molar-refractivity contribution is 0.305. The van der Waals surface area contributed by atoms with Gasteiger partial charge in [-0.15, -0.1) is 0 Å². The molecule has 2 heteroatoms. The highest BCUT2D eigenvalue weighted by Gasteiger charge is 2.30.